The Balaban J connectivity index is 0.00000132. The molecule has 122 valence electrons. The van der Waals surface area contributed by atoms with Gasteiger partial charge in [-0.25, -0.2) is 15.0 Å². The average molecular weight is 369 g/mol. The maximum absolute atomic E-state index is 4.61. The highest BCUT2D eigenvalue weighted by atomic mass is 35.5. The third-order valence-corrected chi connectivity index (χ3v) is 4.30. The van der Waals surface area contributed by atoms with Crippen LogP contribution < -0.4 is 5.32 Å². The second-order valence-corrected chi connectivity index (χ2v) is 6.03. The van der Waals surface area contributed by atoms with Gasteiger partial charge in [-0.3, -0.25) is 0 Å². The molecule has 3 heterocycles. The Bertz CT molecular complexity index is 732. The molecule has 0 spiro atoms. The van der Waals surface area contributed by atoms with E-state index in [-0.39, 0.29) is 24.8 Å². The number of thiazole rings is 1. The van der Waals surface area contributed by atoms with Crippen LogP contribution in [0.2, 0.25) is 0 Å². The number of hydrogen-bond donors (Lipinski definition) is 1. The highest BCUT2D eigenvalue weighted by molar-refractivity contribution is 7.15. The Hall–Kier alpha value is -1.69. The van der Waals surface area contributed by atoms with E-state index in [9.17, 15) is 0 Å². The van der Waals surface area contributed by atoms with Crippen LogP contribution in [0.3, 0.4) is 0 Å². The lowest BCUT2D eigenvalue weighted by molar-refractivity contribution is 0.885. The van der Waals surface area contributed by atoms with Crippen LogP contribution in [0, 0.1) is 0 Å². The Morgan fingerprint density at radius 1 is 0.957 bits per heavy atom. The molecule has 3 aromatic rings. The maximum atomic E-state index is 4.61. The van der Waals surface area contributed by atoms with Crippen LogP contribution in [0.4, 0.5) is 11.6 Å². The van der Waals surface area contributed by atoms with Gasteiger partial charge in [0.25, 0.3) is 0 Å². The summed E-state index contributed by atoms with van der Waals surface area (Å²) < 4.78 is 0. The van der Waals surface area contributed by atoms with Crippen LogP contribution >= 0.6 is 36.2 Å². The van der Waals surface area contributed by atoms with E-state index in [1.54, 1.807) is 17.5 Å². The molecular formula is C16H18Cl2N4S. The summed E-state index contributed by atoms with van der Waals surface area (Å²) in [7, 11) is 0. The van der Waals surface area contributed by atoms with Crippen molar-refractivity contribution in [2.75, 3.05) is 5.32 Å². The third-order valence-electron chi connectivity index (χ3n) is 2.98. The number of aromatic nitrogens is 3. The van der Waals surface area contributed by atoms with Gasteiger partial charge < -0.3 is 5.32 Å². The zero-order valence-corrected chi connectivity index (χ0v) is 15.2. The number of nitrogens with zero attached hydrogens (tertiary/aromatic N) is 3. The standard InChI is InChI=1S/C16H16N4S.2ClH/c1-11(2)13-10-18-16(21-13)12-6-5-8-15(19-12)20-14-7-3-4-9-17-14;;/h3-11H,1-2H3,(H,17,19,20);2*1H. The lowest BCUT2D eigenvalue weighted by Gasteiger charge is -2.05. The lowest BCUT2D eigenvalue weighted by atomic mass is 10.2. The van der Waals surface area contributed by atoms with Crippen LogP contribution in [0.5, 0.6) is 0 Å². The van der Waals surface area contributed by atoms with Crippen molar-refractivity contribution >= 4 is 47.8 Å². The van der Waals surface area contributed by atoms with Gasteiger partial charge in [0.15, 0.2) is 0 Å². The smallest absolute Gasteiger partial charge is 0.142 e. The highest BCUT2D eigenvalue weighted by Gasteiger charge is 2.09. The minimum atomic E-state index is 0. The molecule has 23 heavy (non-hydrogen) atoms. The Kier molecular flexibility index (Phi) is 7.42. The first-order chi connectivity index (χ1) is 10.2. The Morgan fingerprint density at radius 2 is 1.74 bits per heavy atom. The van der Waals surface area contributed by atoms with Gasteiger partial charge in [-0.1, -0.05) is 26.0 Å². The van der Waals surface area contributed by atoms with Crippen molar-refractivity contribution in [1.82, 2.24) is 15.0 Å². The van der Waals surface area contributed by atoms with Crippen LogP contribution in [0.25, 0.3) is 10.7 Å². The van der Waals surface area contributed by atoms with E-state index in [4.69, 9.17) is 0 Å². The van der Waals surface area contributed by atoms with Gasteiger partial charge in [0.2, 0.25) is 0 Å². The van der Waals surface area contributed by atoms with E-state index in [2.05, 4.69) is 34.1 Å². The predicted octanol–water partition coefficient (Wildman–Crippen LogP) is 5.31. The molecule has 4 nitrogen and oxygen atoms in total. The molecule has 0 aliphatic heterocycles. The van der Waals surface area contributed by atoms with Gasteiger partial charge in [-0.05, 0) is 30.2 Å². The topological polar surface area (TPSA) is 50.7 Å². The SMILES string of the molecule is CC(C)c1cnc(-c2cccc(Nc3ccccn3)n2)s1.Cl.Cl. The maximum Gasteiger partial charge on any atom is 0.142 e. The van der Waals surface area contributed by atoms with Gasteiger partial charge in [0.1, 0.15) is 22.3 Å². The van der Waals surface area contributed by atoms with E-state index in [1.165, 1.54) is 4.88 Å². The van der Waals surface area contributed by atoms with Crippen molar-refractivity contribution in [3.8, 4) is 10.7 Å². The molecule has 0 aliphatic carbocycles. The molecule has 0 atom stereocenters. The van der Waals surface area contributed by atoms with E-state index in [0.717, 1.165) is 22.3 Å². The molecule has 3 aromatic heterocycles. The van der Waals surface area contributed by atoms with Crippen LogP contribution in [-0.2, 0) is 0 Å². The Labute approximate surface area is 152 Å². The average Bonchev–Trinajstić information content (AvgIpc) is 2.99. The fraction of sp³-hybridized carbons (Fsp3) is 0.188. The first-order valence-corrected chi connectivity index (χ1v) is 7.65. The van der Waals surface area contributed by atoms with Crippen molar-refractivity contribution in [2.24, 2.45) is 0 Å². The van der Waals surface area contributed by atoms with Gasteiger partial charge >= 0.3 is 0 Å². The summed E-state index contributed by atoms with van der Waals surface area (Å²) in [6, 6.07) is 11.6. The van der Waals surface area contributed by atoms with Gasteiger partial charge in [-0.2, -0.15) is 0 Å². The van der Waals surface area contributed by atoms with Gasteiger partial charge in [0.05, 0.1) is 0 Å². The summed E-state index contributed by atoms with van der Waals surface area (Å²) in [4.78, 5) is 14.6. The molecule has 0 aromatic carbocycles. The van der Waals surface area contributed by atoms with E-state index >= 15 is 0 Å². The van der Waals surface area contributed by atoms with Gasteiger partial charge in [0, 0.05) is 17.3 Å². The molecule has 3 rings (SSSR count). The van der Waals surface area contributed by atoms with Crippen molar-refractivity contribution in [1.29, 1.82) is 0 Å². The monoisotopic (exact) mass is 368 g/mol. The number of hydrogen-bond acceptors (Lipinski definition) is 5. The quantitative estimate of drug-likeness (QED) is 0.677. The minimum Gasteiger partial charge on any atom is -0.325 e. The summed E-state index contributed by atoms with van der Waals surface area (Å²) >= 11 is 1.69. The summed E-state index contributed by atoms with van der Waals surface area (Å²) in [6.45, 7) is 4.34. The highest BCUT2D eigenvalue weighted by Crippen LogP contribution is 2.29. The second kappa shape index (κ2) is 8.82. The predicted molar refractivity (Wildman–Crippen MR) is 101 cm³/mol. The van der Waals surface area contributed by atoms with Gasteiger partial charge in [-0.15, -0.1) is 36.2 Å². The number of pyridine rings is 2. The van der Waals surface area contributed by atoms with Crippen molar-refractivity contribution in [3.05, 3.63) is 53.7 Å². The molecular weight excluding hydrogens is 351 g/mol. The second-order valence-electron chi connectivity index (χ2n) is 4.97. The summed E-state index contributed by atoms with van der Waals surface area (Å²) in [6.07, 6.45) is 3.69. The molecule has 0 fully saturated rings. The third kappa shape index (κ3) is 4.89. The molecule has 1 N–H and O–H groups in total. The van der Waals surface area contributed by atoms with E-state index in [0.29, 0.717) is 5.92 Å². The minimum absolute atomic E-state index is 0. The number of nitrogens with one attached hydrogen (secondary N) is 1. The molecule has 0 saturated carbocycles. The normalized spacial score (nSPS) is 9.87. The van der Waals surface area contributed by atoms with Crippen molar-refractivity contribution in [3.63, 3.8) is 0 Å². The molecule has 7 heteroatoms. The number of halogens is 2. The van der Waals surface area contributed by atoms with Crippen LogP contribution in [0.15, 0.2) is 48.8 Å². The molecule has 0 amide bonds. The summed E-state index contributed by atoms with van der Waals surface area (Å²) in [5.74, 6) is 2.04. The number of anilines is 2. The molecule has 0 aliphatic rings. The number of rotatable bonds is 4. The van der Waals surface area contributed by atoms with Crippen LogP contribution in [-0.4, -0.2) is 15.0 Å². The van der Waals surface area contributed by atoms with Crippen molar-refractivity contribution < 1.29 is 0 Å². The van der Waals surface area contributed by atoms with E-state index < -0.39 is 0 Å². The first kappa shape index (κ1) is 19.4. The van der Waals surface area contributed by atoms with Crippen LogP contribution in [0.1, 0.15) is 24.6 Å². The molecule has 0 unspecified atom stereocenters. The molecule has 0 bridgehead atoms. The molecule has 0 radical (unpaired) electrons. The fourth-order valence-corrected chi connectivity index (χ4v) is 2.75. The molecule has 0 saturated heterocycles. The lowest BCUT2D eigenvalue weighted by Crippen LogP contribution is -1.96. The zero-order chi connectivity index (χ0) is 14.7. The largest absolute Gasteiger partial charge is 0.325 e. The summed E-state index contributed by atoms with van der Waals surface area (Å²) in [5.41, 5.74) is 0.882. The van der Waals surface area contributed by atoms with E-state index in [1.807, 2.05) is 42.6 Å². The fourth-order valence-electron chi connectivity index (χ4n) is 1.86. The van der Waals surface area contributed by atoms with Crippen molar-refractivity contribution in [2.45, 2.75) is 19.8 Å². The zero-order valence-electron chi connectivity index (χ0n) is 12.8. The Morgan fingerprint density at radius 3 is 2.39 bits per heavy atom. The summed E-state index contributed by atoms with van der Waals surface area (Å²) in [5, 5.41) is 4.15. The first-order valence-electron chi connectivity index (χ1n) is 6.83.